The van der Waals surface area contributed by atoms with Gasteiger partial charge in [0, 0.05) is 17.1 Å². The largest absolute Gasteiger partial charge is 0.494 e. The minimum Gasteiger partial charge on any atom is -0.494 e. The van der Waals surface area contributed by atoms with Crippen molar-refractivity contribution in [1.82, 2.24) is 4.98 Å². The number of aromatic nitrogens is 1. The third kappa shape index (κ3) is 1.76. The molecule has 2 aromatic rings. The van der Waals surface area contributed by atoms with E-state index in [0.29, 0.717) is 6.54 Å². The van der Waals surface area contributed by atoms with Gasteiger partial charge in [0.15, 0.2) is 5.88 Å². The second-order valence-electron chi connectivity index (χ2n) is 3.22. The maximum absolute atomic E-state index is 9.66. The van der Waals surface area contributed by atoms with E-state index in [-0.39, 0.29) is 5.88 Å². The van der Waals surface area contributed by atoms with E-state index >= 15 is 0 Å². The predicted octanol–water partition coefficient (Wildman–Crippen LogP) is 2.48. The highest BCUT2D eigenvalue weighted by Crippen LogP contribution is 2.24. The lowest BCUT2D eigenvalue weighted by atomic mass is 10.2. The van der Waals surface area contributed by atoms with Crippen molar-refractivity contribution in [2.75, 3.05) is 6.54 Å². The maximum atomic E-state index is 9.66. The SMILES string of the molecule is C=CCN=Cc1c(O)[nH]c2ccccc12. The Morgan fingerprint density at radius 1 is 1.40 bits per heavy atom. The highest BCUT2D eigenvalue weighted by atomic mass is 16.3. The van der Waals surface area contributed by atoms with Crippen molar-refractivity contribution in [1.29, 1.82) is 0 Å². The van der Waals surface area contributed by atoms with Crippen molar-refractivity contribution in [2.45, 2.75) is 0 Å². The molecule has 0 aliphatic carbocycles. The summed E-state index contributed by atoms with van der Waals surface area (Å²) in [5.74, 6) is 0.156. The minimum absolute atomic E-state index is 0.156. The molecule has 0 atom stereocenters. The van der Waals surface area contributed by atoms with Crippen LogP contribution >= 0.6 is 0 Å². The van der Waals surface area contributed by atoms with E-state index in [1.807, 2.05) is 24.3 Å². The summed E-state index contributed by atoms with van der Waals surface area (Å²) in [5, 5.41) is 10.6. The summed E-state index contributed by atoms with van der Waals surface area (Å²) in [6.07, 6.45) is 3.37. The molecule has 3 nitrogen and oxygen atoms in total. The van der Waals surface area contributed by atoms with Gasteiger partial charge in [-0.3, -0.25) is 4.99 Å². The third-order valence-corrected chi connectivity index (χ3v) is 2.18. The average molecular weight is 200 g/mol. The Balaban J connectivity index is 2.49. The van der Waals surface area contributed by atoms with E-state index in [0.717, 1.165) is 16.5 Å². The van der Waals surface area contributed by atoms with Crippen LogP contribution in [0.25, 0.3) is 10.9 Å². The molecule has 0 amide bonds. The molecule has 1 aromatic heterocycles. The predicted molar refractivity (Wildman–Crippen MR) is 62.6 cm³/mol. The molecule has 0 saturated carbocycles. The van der Waals surface area contributed by atoms with Gasteiger partial charge in [-0.25, -0.2) is 0 Å². The van der Waals surface area contributed by atoms with Crippen LogP contribution in [0, 0.1) is 0 Å². The molecule has 76 valence electrons. The molecule has 2 N–H and O–H groups in total. The van der Waals surface area contributed by atoms with Crippen LogP contribution < -0.4 is 0 Å². The number of nitrogens with one attached hydrogen (secondary N) is 1. The van der Waals surface area contributed by atoms with Crippen LogP contribution in [0.5, 0.6) is 5.88 Å². The quantitative estimate of drug-likeness (QED) is 0.580. The Bertz CT molecular complexity index is 511. The van der Waals surface area contributed by atoms with Gasteiger partial charge in [-0.1, -0.05) is 24.3 Å². The molecule has 0 aliphatic heterocycles. The van der Waals surface area contributed by atoms with Crippen LogP contribution in [-0.4, -0.2) is 22.8 Å². The fraction of sp³-hybridized carbons (Fsp3) is 0.0833. The summed E-state index contributed by atoms with van der Waals surface area (Å²) in [6, 6.07) is 7.71. The van der Waals surface area contributed by atoms with E-state index in [2.05, 4.69) is 16.6 Å². The van der Waals surface area contributed by atoms with Crippen molar-refractivity contribution < 1.29 is 5.11 Å². The number of para-hydroxylation sites is 1. The Labute approximate surface area is 87.8 Å². The number of hydrogen-bond donors (Lipinski definition) is 2. The number of nitrogens with zero attached hydrogens (tertiary/aromatic N) is 1. The van der Waals surface area contributed by atoms with Gasteiger partial charge in [0.1, 0.15) is 0 Å². The summed E-state index contributed by atoms with van der Waals surface area (Å²) in [4.78, 5) is 7.01. The van der Waals surface area contributed by atoms with Crippen molar-refractivity contribution in [2.24, 2.45) is 4.99 Å². The van der Waals surface area contributed by atoms with Crippen LogP contribution in [-0.2, 0) is 0 Å². The van der Waals surface area contributed by atoms with Crippen molar-refractivity contribution >= 4 is 17.1 Å². The third-order valence-electron chi connectivity index (χ3n) is 2.18. The van der Waals surface area contributed by atoms with Crippen molar-refractivity contribution in [3.05, 3.63) is 42.5 Å². The van der Waals surface area contributed by atoms with Gasteiger partial charge in [0.05, 0.1) is 12.1 Å². The van der Waals surface area contributed by atoms with Gasteiger partial charge in [0.2, 0.25) is 0 Å². The van der Waals surface area contributed by atoms with Gasteiger partial charge in [-0.05, 0) is 6.07 Å². The zero-order valence-corrected chi connectivity index (χ0v) is 8.27. The van der Waals surface area contributed by atoms with E-state index in [1.165, 1.54) is 0 Å². The number of aromatic hydroxyl groups is 1. The molecule has 15 heavy (non-hydrogen) atoms. The minimum atomic E-state index is 0.156. The number of H-pyrrole nitrogens is 1. The Morgan fingerprint density at radius 2 is 2.20 bits per heavy atom. The van der Waals surface area contributed by atoms with Gasteiger partial charge in [-0.15, -0.1) is 6.58 Å². The van der Waals surface area contributed by atoms with E-state index in [9.17, 15) is 5.11 Å². The zero-order chi connectivity index (χ0) is 10.7. The first kappa shape index (κ1) is 9.52. The lowest BCUT2D eigenvalue weighted by molar-refractivity contribution is 0.457. The topological polar surface area (TPSA) is 48.4 Å². The number of rotatable bonds is 3. The first-order valence-electron chi connectivity index (χ1n) is 4.73. The number of fused-ring (bicyclic) bond motifs is 1. The van der Waals surface area contributed by atoms with E-state index in [4.69, 9.17) is 0 Å². The first-order valence-corrected chi connectivity index (χ1v) is 4.73. The average Bonchev–Trinajstić information content (AvgIpc) is 2.56. The highest BCUT2D eigenvalue weighted by Gasteiger charge is 2.06. The Hall–Kier alpha value is -2.03. The van der Waals surface area contributed by atoms with Crippen LogP contribution in [0.2, 0.25) is 0 Å². The second-order valence-corrected chi connectivity index (χ2v) is 3.22. The monoisotopic (exact) mass is 200 g/mol. The fourth-order valence-electron chi connectivity index (χ4n) is 1.50. The number of benzene rings is 1. The van der Waals surface area contributed by atoms with Crippen molar-refractivity contribution in [3.63, 3.8) is 0 Å². The summed E-state index contributed by atoms with van der Waals surface area (Å²) < 4.78 is 0. The molecule has 1 heterocycles. The van der Waals surface area contributed by atoms with Crippen LogP contribution in [0.4, 0.5) is 0 Å². The number of hydrogen-bond acceptors (Lipinski definition) is 2. The lowest BCUT2D eigenvalue weighted by Gasteiger charge is -1.90. The molecule has 0 unspecified atom stereocenters. The van der Waals surface area contributed by atoms with Crippen LogP contribution in [0.1, 0.15) is 5.56 Å². The fourth-order valence-corrected chi connectivity index (χ4v) is 1.50. The van der Waals surface area contributed by atoms with Crippen LogP contribution in [0.15, 0.2) is 41.9 Å². The highest BCUT2D eigenvalue weighted by molar-refractivity contribution is 6.01. The Morgan fingerprint density at radius 3 is 3.00 bits per heavy atom. The molecule has 0 spiro atoms. The molecular formula is C12H12N2O. The molecular weight excluding hydrogens is 188 g/mol. The van der Waals surface area contributed by atoms with E-state index < -0.39 is 0 Å². The summed E-state index contributed by atoms with van der Waals surface area (Å²) in [6.45, 7) is 4.13. The summed E-state index contributed by atoms with van der Waals surface area (Å²) >= 11 is 0. The van der Waals surface area contributed by atoms with Gasteiger partial charge >= 0.3 is 0 Å². The zero-order valence-electron chi connectivity index (χ0n) is 8.27. The Kier molecular flexibility index (Phi) is 2.54. The summed E-state index contributed by atoms with van der Waals surface area (Å²) in [7, 11) is 0. The van der Waals surface area contributed by atoms with Gasteiger partial charge < -0.3 is 10.1 Å². The molecule has 0 radical (unpaired) electrons. The van der Waals surface area contributed by atoms with E-state index in [1.54, 1.807) is 12.3 Å². The van der Waals surface area contributed by atoms with Gasteiger partial charge in [-0.2, -0.15) is 0 Å². The molecule has 0 saturated heterocycles. The second kappa shape index (κ2) is 4.00. The van der Waals surface area contributed by atoms with Crippen molar-refractivity contribution in [3.8, 4) is 5.88 Å². The molecule has 0 aliphatic rings. The maximum Gasteiger partial charge on any atom is 0.198 e. The number of aromatic amines is 1. The smallest absolute Gasteiger partial charge is 0.198 e. The normalized spacial score (nSPS) is 11.2. The molecule has 0 bridgehead atoms. The molecule has 0 fully saturated rings. The molecule has 2 rings (SSSR count). The standard InChI is InChI=1S/C12H12N2O/c1-2-7-13-8-10-9-5-3-4-6-11(9)14-12(10)15/h2-6,8,14-15H,1,7H2. The van der Waals surface area contributed by atoms with Crippen LogP contribution in [0.3, 0.4) is 0 Å². The molecule has 1 aromatic carbocycles. The molecule has 3 heteroatoms. The summed E-state index contributed by atoms with van der Waals surface area (Å²) in [5.41, 5.74) is 1.64. The van der Waals surface area contributed by atoms with Gasteiger partial charge in [0.25, 0.3) is 0 Å². The first-order chi connectivity index (χ1) is 7.33. The lowest BCUT2D eigenvalue weighted by Crippen LogP contribution is -1.80. The number of aliphatic imine (C=N–C) groups is 1.